The molecule has 0 aliphatic carbocycles. The van der Waals surface area contributed by atoms with Gasteiger partial charge in [0.2, 0.25) is 0 Å². The van der Waals surface area contributed by atoms with Gasteiger partial charge >= 0.3 is 0 Å². The second-order valence-electron chi connectivity index (χ2n) is 3.72. The van der Waals surface area contributed by atoms with Crippen LogP contribution in [0.4, 0.5) is 0 Å². The number of hydrogen-bond donors (Lipinski definition) is 3. The third-order valence-electron chi connectivity index (χ3n) is 2.48. The molecular weight excluding hydrogens is 296 g/mol. The first-order valence-electron chi connectivity index (χ1n) is 4.82. The van der Waals surface area contributed by atoms with Crippen LogP contribution in [0.25, 0.3) is 10.8 Å². The van der Waals surface area contributed by atoms with E-state index in [-0.39, 0.29) is 10.8 Å². The summed E-state index contributed by atoms with van der Waals surface area (Å²) in [6.45, 7) is 0. The molecule has 7 nitrogen and oxygen atoms in total. The third-order valence-corrected chi connectivity index (χ3v) is 4.41. The second kappa shape index (κ2) is 4.17. The molecule has 9 heteroatoms. The van der Waals surface area contributed by atoms with Gasteiger partial charge < -0.3 is 5.11 Å². The molecule has 0 aliphatic heterocycles. The van der Waals surface area contributed by atoms with Crippen LogP contribution < -0.4 is 0 Å². The smallest absolute Gasteiger partial charge is 0.299 e. The standard InChI is InChI=1S/C10H8O7S2/c11-9-7-4-2-1-3-6(7)5-8(18(12,13)14)10(9)19(15,16)17/h1-5,11H,(H,12,13,14)(H,15,16,17). The largest absolute Gasteiger partial charge is 0.506 e. The Hall–Kier alpha value is -1.68. The molecule has 0 amide bonds. The van der Waals surface area contributed by atoms with E-state index in [9.17, 15) is 21.9 Å². The average Bonchev–Trinajstić information content (AvgIpc) is 2.26. The van der Waals surface area contributed by atoms with Gasteiger partial charge in [0.1, 0.15) is 10.6 Å². The number of rotatable bonds is 2. The van der Waals surface area contributed by atoms with Crippen LogP contribution in [0.1, 0.15) is 0 Å². The summed E-state index contributed by atoms with van der Waals surface area (Å²) in [5.41, 5.74) is 0. The summed E-state index contributed by atoms with van der Waals surface area (Å²) >= 11 is 0. The molecule has 0 saturated carbocycles. The SMILES string of the molecule is O=S(=O)(O)c1cc2ccccc2c(O)c1S(=O)(=O)O. The van der Waals surface area contributed by atoms with Gasteiger partial charge in [0.15, 0.2) is 4.90 Å². The molecule has 0 radical (unpaired) electrons. The predicted molar refractivity (Wildman–Crippen MR) is 65.2 cm³/mol. The van der Waals surface area contributed by atoms with E-state index in [4.69, 9.17) is 9.11 Å². The van der Waals surface area contributed by atoms with E-state index in [2.05, 4.69) is 0 Å². The number of phenolic OH excluding ortho intramolecular Hbond substituents is 1. The summed E-state index contributed by atoms with van der Waals surface area (Å²) < 4.78 is 62.7. The van der Waals surface area contributed by atoms with Crippen molar-refractivity contribution in [3.8, 4) is 5.75 Å². The fourth-order valence-corrected chi connectivity index (χ4v) is 3.63. The van der Waals surface area contributed by atoms with E-state index < -0.39 is 35.8 Å². The Labute approximate surface area is 108 Å². The molecular formula is C10H8O7S2. The Morgan fingerprint density at radius 2 is 1.47 bits per heavy atom. The zero-order chi connectivity index (χ0) is 14.4. The molecule has 19 heavy (non-hydrogen) atoms. The lowest BCUT2D eigenvalue weighted by atomic mass is 10.1. The molecule has 102 valence electrons. The Kier molecular flexibility index (Phi) is 3.01. The molecule has 0 fully saturated rings. The fourth-order valence-electron chi connectivity index (χ4n) is 1.73. The van der Waals surface area contributed by atoms with Gasteiger partial charge in [0.05, 0.1) is 0 Å². The predicted octanol–water partition coefficient (Wildman–Crippen LogP) is 1.04. The molecule has 0 bridgehead atoms. The fraction of sp³-hybridized carbons (Fsp3) is 0. The monoisotopic (exact) mass is 304 g/mol. The van der Waals surface area contributed by atoms with E-state index in [0.29, 0.717) is 0 Å². The van der Waals surface area contributed by atoms with E-state index in [1.807, 2.05) is 0 Å². The molecule has 2 aromatic carbocycles. The molecule has 0 heterocycles. The number of aromatic hydroxyl groups is 1. The number of phenols is 1. The normalized spacial score (nSPS) is 12.7. The Morgan fingerprint density at radius 1 is 0.895 bits per heavy atom. The van der Waals surface area contributed by atoms with Crippen molar-refractivity contribution in [1.29, 1.82) is 0 Å². The molecule has 0 spiro atoms. The van der Waals surface area contributed by atoms with Crippen LogP contribution in [-0.4, -0.2) is 31.0 Å². The molecule has 0 atom stereocenters. The van der Waals surface area contributed by atoms with Crippen molar-refractivity contribution in [2.24, 2.45) is 0 Å². The molecule has 2 aromatic rings. The van der Waals surface area contributed by atoms with Crippen molar-refractivity contribution in [2.75, 3.05) is 0 Å². The van der Waals surface area contributed by atoms with Gasteiger partial charge in [-0.1, -0.05) is 24.3 Å². The summed E-state index contributed by atoms with van der Waals surface area (Å²) in [4.78, 5) is -2.32. The number of benzene rings is 2. The van der Waals surface area contributed by atoms with Crippen LogP contribution in [0.3, 0.4) is 0 Å². The van der Waals surface area contributed by atoms with Crippen LogP contribution in [0.5, 0.6) is 5.75 Å². The minimum absolute atomic E-state index is 0.0301. The molecule has 0 aromatic heterocycles. The van der Waals surface area contributed by atoms with Gasteiger partial charge in [-0.25, -0.2) is 0 Å². The summed E-state index contributed by atoms with van der Waals surface area (Å²) in [7, 11) is -9.96. The van der Waals surface area contributed by atoms with Crippen LogP contribution in [0.15, 0.2) is 40.1 Å². The van der Waals surface area contributed by atoms with E-state index in [1.54, 1.807) is 0 Å². The second-order valence-corrected chi connectivity index (χ2v) is 6.47. The molecule has 2 rings (SSSR count). The van der Waals surface area contributed by atoms with Crippen molar-refractivity contribution >= 4 is 31.0 Å². The first kappa shape index (κ1) is 13.7. The Bertz CT molecular complexity index is 866. The highest BCUT2D eigenvalue weighted by Gasteiger charge is 2.29. The van der Waals surface area contributed by atoms with Gasteiger partial charge in [0.25, 0.3) is 20.2 Å². The van der Waals surface area contributed by atoms with Crippen molar-refractivity contribution in [1.82, 2.24) is 0 Å². The third kappa shape index (κ3) is 2.40. The lowest BCUT2D eigenvalue weighted by Gasteiger charge is -2.10. The van der Waals surface area contributed by atoms with Crippen molar-refractivity contribution < 1.29 is 31.0 Å². The van der Waals surface area contributed by atoms with Gasteiger partial charge in [-0.2, -0.15) is 16.8 Å². The maximum absolute atomic E-state index is 11.2. The van der Waals surface area contributed by atoms with Crippen molar-refractivity contribution in [2.45, 2.75) is 9.79 Å². The number of fused-ring (bicyclic) bond motifs is 1. The highest BCUT2D eigenvalue weighted by molar-refractivity contribution is 7.89. The highest BCUT2D eigenvalue weighted by Crippen LogP contribution is 2.36. The first-order valence-corrected chi connectivity index (χ1v) is 7.70. The quantitative estimate of drug-likeness (QED) is 0.707. The van der Waals surface area contributed by atoms with Gasteiger partial charge in [-0.05, 0) is 11.5 Å². The van der Waals surface area contributed by atoms with Gasteiger partial charge in [-0.15, -0.1) is 0 Å². The van der Waals surface area contributed by atoms with Crippen LogP contribution in [0, 0.1) is 0 Å². The zero-order valence-corrected chi connectivity index (χ0v) is 10.8. The molecule has 0 aliphatic rings. The molecule has 3 N–H and O–H groups in total. The van der Waals surface area contributed by atoms with Crippen molar-refractivity contribution in [3.63, 3.8) is 0 Å². The maximum Gasteiger partial charge on any atom is 0.299 e. The summed E-state index contributed by atoms with van der Waals surface area (Å²) in [6, 6.07) is 6.63. The van der Waals surface area contributed by atoms with Gasteiger partial charge in [-0.3, -0.25) is 9.11 Å². The zero-order valence-electron chi connectivity index (χ0n) is 9.18. The summed E-state index contributed by atoms with van der Waals surface area (Å²) in [5.74, 6) is -0.937. The van der Waals surface area contributed by atoms with E-state index in [0.717, 1.165) is 6.07 Å². The average molecular weight is 304 g/mol. The van der Waals surface area contributed by atoms with Crippen LogP contribution in [-0.2, 0) is 20.2 Å². The minimum Gasteiger partial charge on any atom is -0.506 e. The van der Waals surface area contributed by atoms with Crippen molar-refractivity contribution in [3.05, 3.63) is 30.3 Å². The van der Waals surface area contributed by atoms with E-state index in [1.165, 1.54) is 24.3 Å². The van der Waals surface area contributed by atoms with Crippen LogP contribution in [0.2, 0.25) is 0 Å². The van der Waals surface area contributed by atoms with Gasteiger partial charge in [0, 0.05) is 5.39 Å². The minimum atomic E-state index is -5.03. The topological polar surface area (TPSA) is 129 Å². The Balaban J connectivity index is 3.11. The summed E-state index contributed by atoms with van der Waals surface area (Å²) in [5, 5.41) is 10.0. The lowest BCUT2D eigenvalue weighted by molar-refractivity contribution is 0.435. The first-order chi connectivity index (χ1) is 8.62. The number of hydrogen-bond acceptors (Lipinski definition) is 5. The molecule has 0 unspecified atom stereocenters. The van der Waals surface area contributed by atoms with E-state index >= 15 is 0 Å². The highest BCUT2D eigenvalue weighted by atomic mass is 32.2. The Morgan fingerprint density at radius 3 is 2.00 bits per heavy atom. The lowest BCUT2D eigenvalue weighted by Crippen LogP contribution is -2.09. The molecule has 0 saturated heterocycles. The maximum atomic E-state index is 11.2. The summed E-state index contributed by atoms with van der Waals surface area (Å²) in [6.07, 6.45) is 0. The van der Waals surface area contributed by atoms with Crippen LogP contribution >= 0.6 is 0 Å².